The second-order valence-corrected chi connectivity index (χ2v) is 6.32. The van der Waals surface area contributed by atoms with Crippen LogP contribution >= 0.6 is 15.9 Å². The van der Waals surface area contributed by atoms with Crippen molar-refractivity contribution in [2.75, 3.05) is 26.2 Å². The molecule has 0 unspecified atom stereocenters. The summed E-state index contributed by atoms with van der Waals surface area (Å²) < 4.78 is 1.12. The third-order valence-corrected chi connectivity index (χ3v) is 4.49. The molecule has 0 aliphatic rings. The number of benzene rings is 2. The van der Waals surface area contributed by atoms with Crippen molar-refractivity contribution in [2.24, 2.45) is 0 Å². The summed E-state index contributed by atoms with van der Waals surface area (Å²) in [4.78, 5) is 2.43. The molecular weight excluding hydrogens is 336 g/mol. The predicted molar refractivity (Wildman–Crippen MR) is 99.1 cm³/mol. The van der Waals surface area contributed by atoms with Gasteiger partial charge in [0.1, 0.15) is 0 Å². The van der Waals surface area contributed by atoms with Crippen LogP contribution in [0.15, 0.2) is 53.0 Å². The molecule has 0 atom stereocenters. The molecule has 0 fully saturated rings. The normalized spacial score (nSPS) is 11.1. The van der Waals surface area contributed by atoms with Gasteiger partial charge in [0.25, 0.3) is 0 Å². The van der Waals surface area contributed by atoms with Crippen molar-refractivity contribution in [3.8, 4) is 11.1 Å². The molecule has 2 rings (SSSR count). The molecule has 0 aromatic heterocycles. The molecule has 22 heavy (non-hydrogen) atoms. The van der Waals surface area contributed by atoms with Crippen LogP contribution in [0.3, 0.4) is 0 Å². The quantitative estimate of drug-likeness (QED) is 0.694. The zero-order chi connectivity index (χ0) is 15.8. The van der Waals surface area contributed by atoms with Crippen molar-refractivity contribution < 1.29 is 0 Å². The van der Waals surface area contributed by atoms with Crippen molar-refractivity contribution >= 4 is 15.9 Å². The van der Waals surface area contributed by atoms with Gasteiger partial charge in [0.05, 0.1) is 0 Å². The van der Waals surface area contributed by atoms with Crippen molar-refractivity contribution in [1.82, 2.24) is 10.2 Å². The topological polar surface area (TPSA) is 15.3 Å². The van der Waals surface area contributed by atoms with Crippen LogP contribution < -0.4 is 5.32 Å². The summed E-state index contributed by atoms with van der Waals surface area (Å²) in [5.41, 5.74) is 3.85. The molecule has 3 heteroatoms. The van der Waals surface area contributed by atoms with Gasteiger partial charge in [-0.2, -0.15) is 0 Å². The van der Waals surface area contributed by atoms with E-state index in [1.807, 2.05) is 0 Å². The smallest absolute Gasteiger partial charge is 0.0206 e. The van der Waals surface area contributed by atoms with Crippen LogP contribution in [0.25, 0.3) is 11.1 Å². The Bertz CT molecular complexity index is 545. The molecule has 0 spiro atoms. The van der Waals surface area contributed by atoms with E-state index in [-0.39, 0.29) is 0 Å². The average molecular weight is 361 g/mol. The van der Waals surface area contributed by atoms with Crippen molar-refractivity contribution in [3.05, 3.63) is 58.6 Å². The lowest BCUT2D eigenvalue weighted by molar-refractivity contribution is 0.302. The maximum atomic E-state index is 3.52. The maximum absolute atomic E-state index is 3.52. The summed E-state index contributed by atoms with van der Waals surface area (Å²) >= 11 is 3.47. The molecule has 0 saturated carbocycles. The highest BCUT2D eigenvalue weighted by Gasteiger charge is 2.00. The average Bonchev–Trinajstić information content (AvgIpc) is 2.56. The third-order valence-electron chi connectivity index (χ3n) is 3.96. The Morgan fingerprint density at radius 3 is 1.95 bits per heavy atom. The number of nitrogens with one attached hydrogen (secondary N) is 1. The van der Waals surface area contributed by atoms with Gasteiger partial charge < -0.3 is 10.2 Å². The predicted octanol–water partition coefficient (Wildman–Crippen LogP) is 4.55. The van der Waals surface area contributed by atoms with Crippen LogP contribution in [0.5, 0.6) is 0 Å². The largest absolute Gasteiger partial charge is 0.311 e. The fourth-order valence-electron chi connectivity index (χ4n) is 2.47. The first-order valence-corrected chi connectivity index (χ1v) is 8.80. The molecule has 0 amide bonds. The van der Waals surface area contributed by atoms with E-state index in [0.29, 0.717) is 0 Å². The lowest BCUT2D eigenvalue weighted by atomic mass is 10.0. The Kier molecular flexibility index (Phi) is 7.10. The van der Waals surface area contributed by atoms with Crippen LogP contribution in [0.2, 0.25) is 0 Å². The fourth-order valence-corrected chi connectivity index (χ4v) is 2.73. The highest BCUT2D eigenvalue weighted by Crippen LogP contribution is 2.22. The first-order chi connectivity index (χ1) is 10.7. The number of halogens is 1. The van der Waals surface area contributed by atoms with E-state index in [1.165, 1.54) is 16.7 Å². The molecule has 0 aliphatic carbocycles. The van der Waals surface area contributed by atoms with Crippen LogP contribution in [0, 0.1) is 0 Å². The van der Waals surface area contributed by atoms with Gasteiger partial charge in [0.15, 0.2) is 0 Å². The minimum absolute atomic E-state index is 0.932. The van der Waals surface area contributed by atoms with Crippen molar-refractivity contribution in [3.63, 3.8) is 0 Å². The molecule has 0 heterocycles. The van der Waals surface area contributed by atoms with E-state index in [1.54, 1.807) is 0 Å². The Labute approximate surface area is 142 Å². The molecule has 2 aromatic carbocycles. The Morgan fingerprint density at radius 1 is 0.864 bits per heavy atom. The minimum atomic E-state index is 0.932. The second-order valence-electron chi connectivity index (χ2n) is 5.41. The highest BCUT2D eigenvalue weighted by molar-refractivity contribution is 9.10. The zero-order valence-electron chi connectivity index (χ0n) is 13.5. The highest BCUT2D eigenvalue weighted by atomic mass is 79.9. The van der Waals surface area contributed by atoms with Gasteiger partial charge in [-0.25, -0.2) is 0 Å². The van der Waals surface area contributed by atoms with Crippen LogP contribution in [0.4, 0.5) is 0 Å². The number of hydrogen-bond donors (Lipinski definition) is 1. The summed E-state index contributed by atoms with van der Waals surface area (Å²) in [5, 5.41) is 3.52. The molecule has 0 aliphatic heterocycles. The van der Waals surface area contributed by atoms with E-state index < -0.39 is 0 Å². The Balaban J connectivity index is 1.83. The number of rotatable bonds is 8. The van der Waals surface area contributed by atoms with Gasteiger partial charge in [0, 0.05) is 24.1 Å². The van der Waals surface area contributed by atoms with E-state index in [9.17, 15) is 0 Å². The summed E-state index contributed by atoms with van der Waals surface area (Å²) in [5.74, 6) is 0. The number of likely N-dealkylation sites (N-methyl/N-ethyl adjacent to an activating group) is 1. The van der Waals surface area contributed by atoms with Gasteiger partial charge in [-0.1, -0.05) is 66.2 Å². The molecule has 0 bridgehead atoms. The molecule has 118 valence electrons. The van der Waals surface area contributed by atoms with E-state index in [2.05, 4.69) is 88.5 Å². The first-order valence-electron chi connectivity index (χ1n) is 8.01. The van der Waals surface area contributed by atoms with Gasteiger partial charge in [-0.15, -0.1) is 0 Å². The summed E-state index contributed by atoms with van der Waals surface area (Å²) in [6.45, 7) is 9.76. The SMILES string of the molecule is CCN(CC)CCNCc1ccc(-c2ccc(Br)cc2)cc1. The van der Waals surface area contributed by atoms with Crippen molar-refractivity contribution in [1.29, 1.82) is 0 Å². The van der Waals surface area contributed by atoms with Crippen LogP contribution in [0.1, 0.15) is 19.4 Å². The second kappa shape index (κ2) is 9.09. The molecular formula is C19H25BrN2. The molecule has 0 radical (unpaired) electrons. The number of hydrogen-bond acceptors (Lipinski definition) is 2. The lowest BCUT2D eigenvalue weighted by Crippen LogP contribution is -2.31. The lowest BCUT2D eigenvalue weighted by Gasteiger charge is -2.18. The van der Waals surface area contributed by atoms with Gasteiger partial charge >= 0.3 is 0 Å². The fraction of sp³-hybridized carbons (Fsp3) is 0.368. The van der Waals surface area contributed by atoms with E-state index >= 15 is 0 Å². The Hall–Kier alpha value is -1.16. The van der Waals surface area contributed by atoms with Crippen molar-refractivity contribution in [2.45, 2.75) is 20.4 Å². The summed E-state index contributed by atoms with van der Waals surface area (Å²) in [6.07, 6.45) is 0. The standard InChI is InChI=1S/C19H25BrN2/c1-3-22(4-2)14-13-21-15-16-5-7-17(8-6-16)18-9-11-19(20)12-10-18/h5-12,21H,3-4,13-15H2,1-2H3. The molecule has 2 nitrogen and oxygen atoms in total. The van der Waals surface area contributed by atoms with Crippen LogP contribution in [-0.4, -0.2) is 31.1 Å². The zero-order valence-corrected chi connectivity index (χ0v) is 15.1. The summed E-state index contributed by atoms with van der Waals surface area (Å²) in [6, 6.07) is 17.3. The third kappa shape index (κ3) is 5.24. The monoisotopic (exact) mass is 360 g/mol. The maximum Gasteiger partial charge on any atom is 0.0206 e. The number of nitrogens with zero attached hydrogens (tertiary/aromatic N) is 1. The van der Waals surface area contributed by atoms with E-state index in [0.717, 1.165) is 37.2 Å². The van der Waals surface area contributed by atoms with Gasteiger partial charge in [-0.05, 0) is 41.9 Å². The van der Waals surface area contributed by atoms with Gasteiger partial charge in [0.2, 0.25) is 0 Å². The van der Waals surface area contributed by atoms with Crippen LogP contribution in [-0.2, 0) is 6.54 Å². The summed E-state index contributed by atoms with van der Waals surface area (Å²) in [7, 11) is 0. The minimum Gasteiger partial charge on any atom is -0.311 e. The molecule has 2 aromatic rings. The molecule has 1 N–H and O–H groups in total. The first kappa shape index (κ1) is 17.2. The van der Waals surface area contributed by atoms with Gasteiger partial charge in [-0.3, -0.25) is 0 Å². The Morgan fingerprint density at radius 2 is 1.41 bits per heavy atom. The van der Waals surface area contributed by atoms with E-state index in [4.69, 9.17) is 0 Å². The molecule has 0 saturated heterocycles.